The molecule has 0 heterocycles. The quantitative estimate of drug-likeness (QED) is 0.718. The maximum Gasteiger partial charge on any atom is 0.323 e. The van der Waals surface area contributed by atoms with Gasteiger partial charge in [-0.1, -0.05) is 0 Å². The van der Waals surface area contributed by atoms with Crippen LogP contribution >= 0.6 is 0 Å². The van der Waals surface area contributed by atoms with Crippen molar-refractivity contribution in [3.05, 3.63) is 0 Å². The highest BCUT2D eigenvalue weighted by molar-refractivity contribution is 5.79. The van der Waals surface area contributed by atoms with Crippen molar-refractivity contribution in [3.63, 3.8) is 0 Å². The van der Waals surface area contributed by atoms with Crippen molar-refractivity contribution in [1.82, 2.24) is 4.90 Å². The SMILES string of the molecule is CC(C)OCCN(C)C1CCC(N)(C(=O)O)C1. The predicted molar refractivity (Wildman–Crippen MR) is 65.9 cm³/mol. The fourth-order valence-electron chi connectivity index (χ4n) is 2.23. The van der Waals surface area contributed by atoms with E-state index in [-0.39, 0.29) is 12.1 Å². The summed E-state index contributed by atoms with van der Waals surface area (Å²) >= 11 is 0. The second kappa shape index (κ2) is 5.80. The smallest absolute Gasteiger partial charge is 0.323 e. The van der Waals surface area contributed by atoms with Gasteiger partial charge in [0, 0.05) is 12.6 Å². The van der Waals surface area contributed by atoms with Crippen LogP contribution in [0.4, 0.5) is 0 Å². The molecule has 17 heavy (non-hydrogen) atoms. The minimum atomic E-state index is -1.03. The summed E-state index contributed by atoms with van der Waals surface area (Å²) in [7, 11) is 2.00. The highest BCUT2D eigenvalue weighted by atomic mass is 16.5. The zero-order chi connectivity index (χ0) is 13.1. The fourth-order valence-corrected chi connectivity index (χ4v) is 2.23. The van der Waals surface area contributed by atoms with Crippen LogP contribution in [-0.4, -0.2) is 53.9 Å². The molecule has 0 bridgehead atoms. The highest BCUT2D eigenvalue weighted by Gasteiger charge is 2.43. The lowest BCUT2D eigenvalue weighted by Gasteiger charge is -2.26. The number of rotatable bonds is 6. The van der Waals surface area contributed by atoms with Crippen LogP contribution in [0.15, 0.2) is 0 Å². The Balaban J connectivity index is 2.35. The molecule has 0 aromatic carbocycles. The van der Waals surface area contributed by atoms with Crippen LogP contribution in [0.5, 0.6) is 0 Å². The Morgan fingerprint density at radius 3 is 2.76 bits per heavy atom. The van der Waals surface area contributed by atoms with Gasteiger partial charge in [-0.15, -0.1) is 0 Å². The van der Waals surface area contributed by atoms with Gasteiger partial charge in [-0.05, 0) is 40.2 Å². The zero-order valence-corrected chi connectivity index (χ0v) is 11.0. The van der Waals surface area contributed by atoms with Gasteiger partial charge in [0.05, 0.1) is 12.7 Å². The molecule has 0 aromatic heterocycles. The molecule has 5 heteroatoms. The Kier molecular flexibility index (Phi) is 4.91. The van der Waals surface area contributed by atoms with E-state index in [0.717, 1.165) is 13.0 Å². The first kappa shape index (κ1) is 14.4. The predicted octanol–water partition coefficient (Wildman–Crippen LogP) is 0.678. The molecular weight excluding hydrogens is 220 g/mol. The third-order valence-corrected chi connectivity index (χ3v) is 3.47. The molecule has 100 valence electrons. The van der Waals surface area contributed by atoms with E-state index in [1.165, 1.54) is 0 Å². The lowest BCUT2D eigenvalue weighted by molar-refractivity contribution is -0.143. The van der Waals surface area contributed by atoms with E-state index in [1.807, 2.05) is 20.9 Å². The summed E-state index contributed by atoms with van der Waals surface area (Å²) in [6.45, 7) is 5.50. The summed E-state index contributed by atoms with van der Waals surface area (Å²) in [5.74, 6) is -0.883. The monoisotopic (exact) mass is 244 g/mol. The van der Waals surface area contributed by atoms with E-state index in [0.29, 0.717) is 19.4 Å². The van der Waals surface area contributed by atoms with Crippen molar-refractivity contribution < 1.29 is 14.6 Å². The number of likely N-dealkylation sites (N-methyl/N-ethyl adjacent to an activating group) is 1. The first-order valence-electron chi connectivity index (χ1n) is 6.19. The van der Waals surface area contributed by atoms with Crippen molar-refractivity contribution in [1.29, 1.82) is 0 Å². The number of nitrogens with zero attached hydrogens (tertiary/aromatic N) is 1. The van der Waals surface area contributed by atoms with E-state index in [4.69, 9.17) is 15.6 Å². The zero-order valence-electron chi connectivity index (χ0n) is 11.0. The number of ether oxygens (including phenoxy) is 1. The Morgan fingerprint density at radius 2 is 2.29 bits per heavy atom. The Labute approximate surface area is 103 Å². The Hall–Kier alpha value is -0.650. The van der Waals surface area contributed by atoms with Crippen molar-refractivity contribution in [2.75, 3.05) is 20.2 Å². The highest BCUT2D eigenvalue weighted by Crippen LogP contribution is 2.30. The molecule has 2 unspecified atom stereocenters. The third kappa shape index (κ3) is 3.94. The molecule has 5 nitrogen and oxygen atoms in total. The van der Waals surface area contributed by atoms with Gasteiger partial charge < -0.3 is 20.5 Å². The van der Waals surface area contributed by atoms with E-state index in [2.05, 4.69) is 4.90 Å². The number of carboxylic acid groups (broad SMARTS) is 1. The van der Waals surface area contributed by atoms with Crippen LogP contribution < -0.4 is 5.73 Å². The van der Waals surface area contributed by atoms with Crippen LogP contribution in [0.3, 0.4) is 0 Å². The molecule has 1 rings (SSSR count). The molecule has 1 aliphatic carbocycles. The van der Waals surface area contributed by atoms with Gasteiger partial charge in [-0.3, -0.25) is 4.79 Å². The van der Waals surface area contributed by atoms with Gasteiger partial charge in [-0.25, -0.2) is 0 Å². The Morgan fingerprint density at radius 1 is 1.65 bits per heavy atom. The number of carbonyl (C=O) groups is 1. The molecular formula is C12H24N2O3. The second-order valence-electron chi connectivity index (χ2n) is 5.26. The standard InChI is InChI=1S/C12H24N2O3/c1-9(2)17-7-6-14(3)10-4-5-12(13,8-10)11(15)16/h9-10H,4-8,13H2,1-3H3,(H,15,16). The molecule has 3 N–H and O–H groups in total. The maximum atomic E-state index is 11.0. The van der Waals surface area contributed by atoms with Crippen molar-refractivity contribution in [2.24, 2.45) is 5.73 Å². The molecule has 0 saturated heterocycles. The largest absolute Gasteiger partial charge is 0.480 e. The molecule has 1 saturated carbocycles. The summed E-state index contributed by atoms with van der Waals surface area (Å²) in [4.78, 5) is 13.2. The first-order chi connectivity index (χ1) is 7.85. The molecule has 0 radical (unpaired) electrons. The molecule has 0 spiro atoms. The fraction of sp³-hybridized carbons (Fsp3) is 0.917. The van der Waals surface area contributed by atoms with Gasteiger partial charge in [0.2, 0.25) is 0 Å². The average molecular weight is 244 g/mol. The minimum absolute atomic E-state index is 0.236. The number of hydrogen-bond acceptors (Lipinski definition) is 4. The van der Waals surface area contributed by atoms with Gasteiger partial charge in [0.15, 0.2) is 0 Å². The Bertz CT molecular complexity index is 270. The average Bonchev–Trinajstić information content (AvgIpc) is 2.62. The number of carboxylic acids is 1. The summed E-state index contributed by atoms with van der Waals surface area (Å²) < 4.78 is 5.48. The number of nitrogens with two attached hydrogens (primary N) is 1. The van der Waals surface area contributed by atoms with Gasteiger partial charge in [0.1, 0.15) is 5.54 Å². The minimum Gasteiger partial charge on any atom is -0.480 e. The summed E-state index contributed by atoms with van der Waals surface area (Å²) in [5, 5.41) is 9.05. The molecule has 0 aliphatic heterocycles. The van der Waals surface area contributed by atoms with Crippen LogP contribution in [0, 0.1) is 0 Å². The maximum absolute atomic E-state index is 11.0. The van der Waals surface area contributed by atoms with E-state index in [9.17, 15) is 4.79 Å². The molecule has 1 aliphatic rings. The molecule has 0 amide bonds. The molecule has 0 aromatic rings. The van der Waals surface area contributed by atoms with Gasteiger partial charge >= 0.3 is 5.97 Å². The van der Waals surface area contributed by atoms with Crippen LogP contribution in [0.25, 0.3) is 0 Å². The second-order valence-corrected chi connectivity index (χ2v) is 5.26. The van der Waals surface area contributed by atoms with Crippen molar-refractivity contribution >= 4 is 5.97 Å². The van der Waals surface area contributed by atoms with Crippen LogP contribution in [0.1, 0.15) is 33.1 Å². The van der Waals surface area contributed by atoms with Crippen LogP contribution in [0.2, 0.25) is 0 Å². The molecule has 2 atom stereocenters. The topological polar surface area (TPSA) is 75.8 Å². The van der Waals surface area contributed by atoms with Crippen molar-refractivity contribution in [2.45, 2.75) is 50.8 Å². The van der Waals surface area contributed by atoms with E-state index in [1.54, 1.807) is 0 Å². The van der Waals surface area contributed by atoms with E-state index < -0.39 is 11.5 Å². The summed E-state index contributed by atoms with van der Waals surface area (Å²) in [6, 6.07) is 0.256. The van der Waals surface area contributed by atoms with E-state index >= 15 is 0 Å². The molecule has 1 fully saturated rings. The van der Waals surface area contributed by atoms with Gasteiger partial charge in [0.25, 0.3) is 0 Å². The lowest BCUT2D eigenvalue weighted by Crippen LogP contribution is -2.47. The van der Waals surface area contributed by atoms with Crippen LogP contribution in [-0.2, 0) is 9.53 Å². The van der Waals surface area contributed by atoms with Gasteiger partial charge in [-0.2, -0.15) is 0 Å². The number of aliphatic carboxylic acids is 1. The summed E-state index contributed by atoms with van der Waals surface area (Å²) in [6.07, 6.45) is 2.17. The summed E-state index contributed by atoms with van der Waals surface area (Å²) in [5.41, 5.74) is 4.82. The normalized spacial score (nSPS) is 29.2. The number of hydrogen-bond donors (Lipinski definition) is 2. The third-order valence-electron chi connectivity index (χ3n) is 3.47. The first-order valence-corrected chi connectivity index (χ1v) is 6.19. The lowest BCUT2D eigenvalue weighted by atomic mass is 9.99. The van der Waals surface area contributed by atoms with Crippen molar-refractivity contribution in [3.8, 4) is 0 Å².